The lowest BCUT2D eigenvalue weighted by molar-refractivity contribution is -0.119. The molecular formula is C18H24N6O2S. The topological polar surface area (TPSA) is 102 Å². The van der Waals surface area contributed by atoms with E-state index in [1.54, 1.807) is 19.3 Å². The van der Waals surface area contributed by atoms with E-state index in [1.165, 1.54) is 18.2 Å². The molecule has 1 aliphatic carbocycles. The SMILES string of the molecule is CC(Sc1nnc(-c2ccncc2)n1C)C(=O)NC(=O)NC1CCCCC1. The number of nitrogens with zero attached hydrogens (tertiary/aromatic N) is 4. The number of aromatic nitrogens is 4. The first-order chi connectivity index (χ1) is 13.0. The normalized spacial score (nSPS) is 15.9. The van der Waals surface area contributed by atoms with Crippen molar-refractivity contribution in [3.8, 4) is 11.4 Å². The Kier molecular flexibility index (Phi) is 6.44. The molecule has 3 rings (SSSR count). The summed E-state index contributed by atoms with van der Waals surface area (Å²) in [5.74, 6) is 0.351. The zero-order valence-electron chi connectivity index (χ0n) is 15.5. The number of carbonyl (C=O) groups is 2. The summed E-state index contributed by atoms with van der Waals surface area (Å²) in [6, 6.07) is 3.44. The number of hydrogen-bond donors (Lipinski definition) is 2. The molecule has 3 amide bonds. The van der Waals surface area contributed by atoms with Crippen molar-refractivity contribution in [2.24, 2.45) is 7.05 Å². The van der Waals surface area contributed by atoms with Crippen molar-refractivity contribution >= 4 is 23.7 Å². The lowest BCUT2D eigenvalue weighted by Crippen LogP contribution is -2.47. The lowest BCUT2D eigenvalue weighted by Gasteiger charge is -2.23. The maximum Gasteiger partial charge on any atom is 0.321 e. The van der Waals surface area contributed by atoms with Gasteiger partial charge in [-0.25, -0.2) is 4.79 Å². The lowest BCUT2D eigenvalue weighted by atomic mass is 9.96. The third kappa shape index (κ3) is 5.06. The van der Waals surface area contributed by atoms with E-state index < -0.39 is 11.3 Å². The van der Waals surface area contributed by atoms with E-state index in [9.17, 15) is 9.59 Å². The highest BCUT2D eigenvalue weighted by Gasteiger charge is 2.22. The highest BCUT2D eigenvalue weighted by Crippen LogP contribution is 2.25. The van der Waals surface area contributed by atoms with E-state index in [4.69, 9.17) is 0 Å². The van der Waals surface area contributed by atoms with Gasteiger partial charge in [-0.2, -0.15) is 0 Å². The molecule has 2 heterocycles. The predicted molar refractivity (Wildman–Crippen MR) is 103 cm³/mol. The quantitative estimate of drug-likeness (QED) is 0.763. The fourth-order valence-corrected chi connectivity index (χ4v) is 3.88. The van der Waals surface area contributed by atoms with Crippen LogP contribution in [0.1, 0.15) is 39.0 Å². The molecule has 1 aliphatic rings. The molecule has 0 bridgehead atoms. The van der Waals surface area contributed by atoms with Crippen molar-refractivity contribution in [1.82, 2.24) is 30.4 Å². The average molecular weight is 388 g/mol. The van der Waals surface area contributed by atoms with Crippen LogP contribution >= 0.6 is 11.8 Å². The number of thioether (sulfide) groups is 1. The Morgan fingerprint density at radius 1 is 1.19 bits per heavy atom. The predicted octanol–water partition coefficient (Wildman–Crippen LogP) is 2.52. The van der Waals surface area contributed by atoms with E-state index in [0.717, 1.165) is 31.2 Å². The zero-order valence-corrected chi connectivity index (χ0v) is 16.3. The summed E-state index contributed by atoms with van der Waals surface area (Å²) < 4.78 is 1.83. The van der Waals surface area contributed by atoms with Crippen LogP contribution in [0.5, 0.6) is 0 Å². The van der Waals surface area contributed by atoms with Crippen LogP contribution in [0.15, 0.2) is 29.7 Å². The Bertz CT molecular complexity index is 788. The van der Waals surface area contributed by atoms with E-state index in [0.29, 0.717) is 11.0 Å². The van der Waals surface area contributed by atoms with Gasteiger partial charge in [-0.05, 0) is 31.9 Å². The maximum atomic E-state index is 12.3. The second-order valence-electron chi connectivity index (χ2n) is 6.66. The number of amides is 3. The van der Waals surface area contributed by atoms with Crippen LogP contribution in [0.3, 0.4) is 0 Å². The van der Waals surface area contributed by atoms with Gasteiger partial charge in [0.2, 0.25) is 5.91 Å². The van der Waals surface area contributed by atoms with Crippen molar-refractivity contribution in [1.29, 1.82) is 0 Å². The molecule has 1 unspecified atom stereocenters. The molecule has 0 radical (unpaired) electrons. The van der Waals surface area contributed by atoms with Crippen molar-refractivity contribution in [3.63, 3.8) is 0 Å². The second kappa shape index (κ2) is 8.98. The Balaban J connectivity index is 1.55. The van der Waals surface area contributed by atoms with Crippen LogP contribution in [-0.4, -0.2) is 43.0 Å². The Morgan fingerprint density at radius 3 is 2.59 bits per heavy atom. The summed E-state index contributed by atoms with van der Waals surface area (Å²) in [7, 11) is 1.85. The van der Waals surface area contributed by atoms with E-state index in [1.807, 2.05) is 23.7 Å². The molecule has 1 saturated carbocycles. The van der Waals surface area contributed by atoms with Crippen molar-refractivity contribution in [2.75, 3.05) is 0 Å². The number of carbonyl (C=O) groups excluding carboxylic acids is 2. The highest BCUT2D eigenvalue weighted by molar-refractivity contribution is 8.00. The molecular weight excluding hydrogens is 364 g/mol. The van der Waals surface area contributed by atoms with Crippen LogP contribution in [0.25, 0.3) is 11.4 Å². The molecule has 27 heavy (non-hydrogen) atoms. The first kappa shape index (κ1) is 19.3. The molecule has 144 valence electrons. The van der Waals surface area contributed by atoms with Gasteiger partial charge in [0.1, 0.15) is 0 Å². The van der Waals surface area contributed by atoms with Gasteiger partial charge in [-0.3, -0.25) is 15.1 Å². The van der Waals surface area contributed by atoms with Gasteiger partial charge in [0.05, 0.1) is 5.25 Å². The Labute approximate surface area is 162 Å². The molecule has 2 aromatic heterocycles. The highest BCUT2D eigenvalue weighted by atomic mass is 32.2. The number of pyridine rings is 1. The first-order valence-electron chi connectivity index (χ1n) is 9.12. The molecule has 1 atom stereocenters. The molecule has 8 nitrogen and oxygen atoms in total. The Morgan fingerprint density at radius 2 is 1.89 bits per heavy atom. The number of imide groups is 1. The van der Waals surface area contributed by atoms with Gasteiger partial charge >= 0.3 is 6.03 Å². The van der Waals surface area contributed by atoms with Gasteiger partial charge in [-0.1, -0.05) is 31.0 Å². The van der Waals surface area contributed by atoms with Gasteiger partial charge < -0.3 is 9.88 Å². The van der Waals surface area contributed by atoms with E-state index >= 15 is 0 Å². The van der Waals surface area contributed by atoms with Gasteiger partial charge in [0.15, 0.2) is 11.0 Å². The minimum Gasteiger partial charge on any atom is -0.335 e. The van der Waals surface area contributed by atoms with Crippen LogP contribution in [0.2, 0.25) is 0 Å². The Hall–Kier alpha value is -2.42. The van der Waals surface area contributed by atoms with Crippen molar-refractivity contribution in [2.45, 2.75) is 55.5 Å². The monoisotopic (exact) mass is 388 g/mol. The summed E-state index contributed by atoms with van der Waals surface area (Å²) in [6.07, 6.45) is 8.79. The largest absolute Gasteiger partial charge is 0.335 e. The summed E-state index contributed by atoms with van der Waals surface area (Å²) in [4.78, 5) is 28.4. The minimum atomic E-state index is -0.477. The smallest absolute Gasteiger partial charge is 0.321 e. The molecule has 0 spiro atoms. The summed E-state index contributed by atoms with van der Waals surface area (Å²) in [5.41, 5.74) is 0.899. The first-order valence-corrected chi connectivity index (χ1v) is 10.0. The minimum absolute atomic E-state index is 0.163. The fourth-order valence-electron chi connectivity index (χ4n) is 3.06. The van der Waals surface area contributed by atoms with Crippen LogP contribution in [0.4, 0.5) is 4.79 Å². The maximum absolute atomic E-state index is 12.3. The molecule has 9 heteroatoms. The molecule has 1 fully saturated rings. The third-order valence-electron chi connectivity index (χ3n) is 4.60. The summed E-state index contributed by atoms with van der Waals surface area (Å²) in [6.45, 7) is 1.74. The van der Waals surface area contributed by atoms with Gasteiger partial charge in [0.25, 0.3) is 0 Å². The summed E-state index contributed by atoms with van der Waals surface area (Å²) >= 11 is 1.26. The summed E-state index contributed by atoms with van der Waals surface area (Å²) in [5, 5.41) is 13.8. The fraction of sp³-hybridized carbons (Fsp3) is 0.500. The standard InChI is InChI=1S/C18H24N6O2S/c1-12(16(25)21-17(26)20-14-6-4-3-5-7-14)27-18-23-22-15(24(18)2)13-8-10-19-11-9-13/h8-12,14H,3-7H2,1-2H3,(H2,20,21,25,26). The van der Waals surface area contributed by atoms with E-state index in [2.05, 4.69) is 25.8 Å². The van der Waals surface area contributed by atoms with Crippen molar-refractivity contribution in [3.05, 3.63) is 24.5 Å². The van der Waals surface area contributed by atoms with Crippen molar-refractivity contribution < 1.29 is 9.59 Å². The molecule has 0 aromatic carbocycles. The average Bonchev–Trinajstić information content (AvgIpc) is 3.03. The van der Waals surface area contributed by atoms with Crippen LogP contribution in [-0.2, 0) is 11.8 Å². The second-order valence-corrected chi connectivity index (χ2v) is 7.97. The molecule has 0 aliphatic heterocycles. The zero-order chi connectivity index (χ0) is 19.2. The number of hydrogen-bond acceptors (Lipinski definition) is 6. The number of urea groups is 1. The third-order valence-corrected chi connectivity index (χ3v) is 5.74. The van der Waals surface area contributed by atoms with E-state index in [-0.39, 0.29) is 11.9 Å². The molecule has 2 N–H and O–H groups in total. The number of nitrogens with one attached hydrogen (secondary N) is 2. The van der Waals surface area contributed by atoms with Gasteiger partial charge in [-0.15, -0.1) is 10.2 Å². The molecule has 0 saturated heterocycles. The van der Waals surface area contributed by atoms with Gasteiger partial charge in [0, 0.05) is 31.0 Å². The van der Waals surface area contributed by atoms with Crippen LogP contribution in [0, 0.1) is 0 Å². The molecule has 2 aromatic rings. The van der Waals surface area contributed by atoms with Crippen LogP contribution < -0.4 is 10.6 Å². The number of rotatable bonds is 5.